The van der Waals surface area contributed by atoms with Crippen molar-refractivity contribution in [1.29, 1.82) is 0 Å². The second kappa shape index (κ2) is 11.8. The van der Waals surface area contributed by atoms with Crippen molar-refractivity contribution >= 4 is 33.4 Å². The smallest absolute Gasteiger partial charge is 0.193 e. The molecule has 1 aromatic heterocycles. The van der Waals surface area contributed by atoms with Gasteiger partial charge in [0.25, 0.3) is 0 Å². The van der Waals surface area contributed by atoms with Crippen LogP contribution in [0.25, 0.3) is 21.8 Å². The zero-order chi connectivity index (χ0) is 26.5. The molecule has 1 heterocycles. The lowest BCUT2D eigenvalue weighted by molar-refractivity contribution is 0.0673. The molecule has 4 aromatic rings. The maximum Gasteiger partial charge on any atom is 0.193 e. The van der Waals surface area contributed by atoms with Gasteiger partial charge in [0, 0.05) is 52.2 Å². The van der Waals surface area contributed by atoms with Crippen molar-refractivity contribution in [3.8, 4) is 0 Å². The number of carbonyl (C=O) groups excluding carboxylic acids is 2. The molecule has 3 aromatic carbocycles. The first-order chi connectivity index (χ1) is 17.9. The summed E-state index contributed by atoms with van der Waals surface area (Å²) in [6, 6.07) is 19.2. The number of ketones is 2. The van der Waals surface area contributed by atoms with Crippen LogP contribution in [0.2, 0.25) is 0 Å². The van der Waals surface area contributed by atoms with Crippen LogP contribution >= 0.6 is 0 Å². The van der Waals surface area contributed by atoms with Gasteiger partial charge in [-0.3, -0.25) is 14.5 Å². The van der Waals surface area contributed by atoms with E-state index < -0.39 is 0 Å². The fourth-order valence-corrected chi connectivity index (χ4v) is 5.00. The highest BCUT2D eigenvalue weighted by atomic mass is 16.5. The van der Waals surface area contributed by atoms with Crippen LogP contribution in [0.1, 0.15) is 45.2 Å². The predicted molar refractivity (Wildman–Crippen MR) is 149 cm³/mol. The molecule has 6 nitrogen and oxygen atoms in total. The summed E-state index contributed by atoms with van der Waals surface area (Å²) in [4.78, 5) is 28.7. The Labute approximate surface area is 218 Å². The van der Waals surface area contributed by atoms with Gasteiger partial charge in [0.05, 0.1) is 25.9 Å². The largest absolute Gasteiger partial charge is 0.382 e. The lowest BCUT2D eigenvalue weighted by Crippen LogP contribution is -2.35. The molecule has 0 radical (unpaired) electrons. The summed E-state index contributed by atoms with van der Waals surface area (Å²) < 4.78 is 13.0. The number of hydrogen-bond acceptors (Lipinski definition) is 5. The summed E-state index contributed by atoms with van der Waals surface area (Å²) >= 11 is 0. The molecule has 37 heavy (non-hydrogen) atoms. The highest BCUT2D eigenvalue weighted by Gasteiger charge is 2.22. The van der Waals surface area contributed by atoms with Crippen LogP contribution in [-0.4, -0.2) is 68.1 Å². The monoisotopic (exact) mass is 500 g/mol. The summed E-state index contributed by atoms with van der Waals surface area (Å²) in [7, 11) is 5.53. The molecule has 0 saturated heterocycles. The molecular weight excluding hydrogens is 464 g/mol. The lowest BCUT2D eigenvalue weighted by Gasteiger charge is -2.21. The molecule has 0 amide bonds. The summed E-state index contributed by atoms with van der Waals surface area (Å²) in [5.74, 6) is 0.0972. The molecule has 1 unspecified atom stereocenters. The van der Waals surface area contributed by atoms with Crippen molar-refractivity contribution in [3.63, 3.8) is 0 Å². The van der Waals surface area contributed by atoms with Crippen LogP contribution in [0.4, 0.5) is 0 Å². The number of aromatic nitrogens is 1. The molecule has 0 aliphatic carbocycles. The minimum atomic E-state index is -0.182. The van der Waals surface area contributed by atoms with Gasteiger partial charge in [-0.25, -0.2) is 0 Å². The van der Waals surface area contributed by atoms with Gasteiger partial charge < -0.3 is 14.0 Å². The first-order valence-corrected chi connectivity index (χ1v) is 12.8. The topological polar surface area (TPSA) is 60.8 Å². The average molecular weight is 501 g/mol. The number of nitrogens with zero attached hydrogens (tertiary/aromatic N) is 2. The Morgan fingerprint density at radius 3 is 2.16 bits per heavy atom. The molecule has 0 aliphatic heterocycles. The minimum absolute atomic E-state index is 0.00492. The third kappa shape index (κ3) is 5.52. The molecule has 1 atom stereocenters. The average Bonchev–Trinajstić information content (AvgIpc) is 3.20. The van der Waals surface area contributed by atoms with E-state index in [2.05, 4.69) is 4.57 Å². The predicted octanol–water partition coefficient (Wildman–Crippen LogP) is 5.52. The SMILES string of the molecule is CCC(C(=O)c1ccc2c(c1)c1cc(C(=O)c3ccccc3C)ccc1n2CCOCCOC)N(C)C. The second-order valence-corrected chi connectivity index (χ2v) is 9.62. The van der Waals surface area contributed by atoms with Crippen molar-refractivity contribution in [2.45, 2.75) is 32.9 Å². The normalized spacial score (nSPS) is 12.5. The zero-order valence-corrected chi connectivity index (χ0v) is 22.4. The van der Waals surface area contributed by atoms with E-state index in [0.717, 1.165) is 33.8 Å². The van der Waals surface area contributed by atoms with E-state index in [1.807, 2.05) is 93.5 Å². The fourth-order valence-electron chi connectivity index (χ4n) is 5.00. The van der Waals surface area contributed by atoms with Crippen molar-refractivity contribution in [1.82, 2.24) is 9.47 Å². The van der Waals surface area contributed by atoms with Gasteiger partial charge in [0.15, 0.2) is 11.6 Å². The Bertz CT molecular complexity index is 1420. The third-order valence-corrected chi connectivity index (χ3v) is 7.00. The van der Waals surface area contributed by atoms with Crippen molar-refractivity contribution in [2.24, 2.45) is 0 Å². The Kier molecular flexibility index (Phi) is 8.54. The number of aryl methyl sites for hydroxylation is 1. The van der Waals surface area contributed by atoms with Crippen LogP contribution in [0.5, 0.6) is 0 Å². The van der Waals surface area contributed by atoms with Gasteiger partial charge in [-0.2, -0.15) is 0 Å². The first-order valence-electron chi connectivity index (χ1n) is 12.8. The van der Waals surface area contributed by atoms with Gasteiger partial charge in [0.2, 0.25) is 0 Å². The number of ether oxygens (including phenoxy) is 2. The molecule has 0 spiro atoms. The number of fused-ring (bicyclic) bond motifs is 3. The van der Waals surface area contributed by atoms with Gasteiger partial charge in [-0.05, 0) is 69.4 Å². The first kappa shape index (κ1) is 26.7. The number of Topliss-reactive ketones (excluding diaryl/α,β-unsaturated/α-hetero) is 1. The Morgan fingerprint density at radius 2 is 1.54 bits per heavy atom. The molecule has 0 N–H and O–H groups in total. The fraction of sp³-hybridized carbons (Fsp3) is 0.355. The van der Waals surface area contributed by atoms with E-state index in [1.165, 1.54) is 0 Å². The van der Waals surface area contributed by atoms with Gasteiger partial charge >= 0.3 is 0 Å². The Morgan fingerprint density at radius 1 is 0.892 bits per heavy atom. The number of benzene rings is 3. The standard InChI is InChI=1S/C31H36N2O4/c1-6-27(32(3)4)31(35)23-12-14-29-26(20-23)25-19-22(30(34)24-10-8-7-9-21(24)2)11-13-28(25)33(29)15-16-37-18-17-36-5/h7-14,19-20,27H,6,15-18H2,1-5H3. The highest BCUT2D eigenvalue weighted by Crippen LogP contribution is 2.32. The van der Waals surface area contributed by atoms with E-state index in [-0.39, 0.29) is 17.6 Å². The highest BCUT2D eigenvalue weighted by molar-refractivity contribution is 6.16. The molecule has 194 valence electrons. The van der Waals surface area contributed by atoms with Crippen molar-refractivity contribution in [3.05, 3.63) is 82.9 Å². The van der Waals surface area contributed by atoms with Crippen LogP contribution in [0.3, 0.4) is 0 Å². The zero-order valence-electron chi connectivity index (χ0n) is 22.4. The molecule has 0 bridgehead atoms. The maximum atomic E-state index is 13.4. The number of carbonyl (C=O) groups is 2. The van der Waals surface area contributed by atoms with Gasteiger partial charge in [-0.1, -0.05) is 31.2 Å². The summed E-state index contributed by atoms with van der Waals surface area (Å²) in [6.07, 6.45) is 0.736. The maximum absolute atomic E-state index is 13.4. The molecule has 0 aliphatic rings. The van der Waals surface area contributed by atoms with Crippen LogP contribution < -0.4 is 0 Å². The van der Waals surface area contributed by atoms with E-state index in [9.17, 15) is 9.59 Å². The summed E-state index contributed by atoms with van der Waals surface area (Å²) in [5, 5.41) is 1.92. The molecule has 6 heteroatoms. The van der Waals surface area contributed by atoms with Crippen molar-refractivity contribution in [2.75, 3.05) is 41.0 Å². The van der Waals surface area contributed by atoms with E-state index in [4.69, 9.17) is 9.47 Å². The van der Waals surface area contributed by atoms with Crippen LogP contribution in [-0.2, 0) is 16.0 Å². The Hall–Kier alpha value is -3.32. The number of rotatable bonds is 12. The van der Waals surface area contributed by atoms with Crippen LogP contribution in [0.15, 0.2) is 60.7 Å². The minimum Gasteiger partial charge on any atom is -0.382 e. The van der Waals surface area contributed by atoms with Crippen molar-refractivity contribution < 1.29 is 19.1 Å². The van der Waals surface area contributed by atoms with Crippen LogP contribution in [0, 0.1) is 6.92 Å². The molecule has 0 saturated carbocycles. The molecular formula is C31H36N2O4. The van der Waals surface area contributed by atoms with E-state index in [1.54, 1.807) is 7.11 Å². The summed E-state index contributed by atoms with van der Waals surface area (Å²) in [6.45, 7) is 6.24. The van der Waals surface area contributed by atoms with E-state index >= 15 is 0 Å². The Balaban J connectivity index is 1.82. The molecule has 0 fully saturated rings. The molecule has 4 rings (SSSR count). The number of methoxy groups -OCH3 is 1. The number of hydrogen-bond donors (Lipinski definition) is 0. The lowest BCUT2D eigenvalue weighted by atomic mass is 9.97. The number of likely N-dealkylation sites (N-methyl/N-ethyl adjacent to an activating group) is 1. The van der Waals surface area contributed by atoms with E-state index in [0.29, 0.717) is 43.1 Å². The summed E-state index contributed by atoms with van der Waals surface area (Å²) in [5.41, 5.74) is 4.99. The van der Waals surface area contributed by atoms with Gasteiger partial charge in [0.1, 0.15) is 0 Å². The third-order valence-electron chi connectivity index (χ3n) is 7.00. The quantitative estimate of drug-likeness (QED) is 0.189. The van der Waals surface area contributed by atoms with Gasteiger partial charge in [-0.15, -0.1) is 0 Å². The second-order valence-electron chi connectivity index (χ2n) is 9.62.